The van der Waals surface area contributed by atoms with Gasteiger partial charge in [0.2, 0.25) is 11.6 Å². The van der Waals surface area contributed by atoms with Gasteiger partial charge >= 0.3 is 5.97 Å². The second-order valence-corrected chi connectivity index (χ2v) is 7.73. The van der Waals surface area contributed by atoms with Crippen molar-refractivity contribution in [2.24, 2.45) is 17.1 Å². The summed E-state index contributed by atoms with van der Waals surface area (Å²) in [4.78, 5) is 19.8. The van der Waals surface area contributed by atoms with Crippen molar-refractivity contribution in [2.45, 2.75) is 34.6 Å². The van der Waals surface area contributed by atoms with Crippen LogP contribution in [0.3, 0.4) is 0 Å². The van der Waals surface area contributed by atoms with E-state index >= 15 is 0 Å². The van der Waals surface area contributed by atoms with Gasteiger partial charge in [0.05, 0.1) is 12.3 Å². The van der Waals surface area contributed by atoms with Gasteiger partial charge in [-0.2, -0.15) is 14.9 Å². The zero-order valence-electron chi connectivity index (χ0n) is 19.8. The van der Waals surface area contributed by atoms with Crippen LogP contribution in [0.4, 0.5) is 11.4 Å². The summed E-state index contributed by atoms with van der Waals surface area (Å²) in [5.74, 6) is 0.264. The van der Waals surface area contributed by atoms with Gasteiger partial charge in [0.25, 0.3) is 0 Å². The smallest absolute Gasteiger partial charge is 0.361 e. The number of carbonyl (C=O) groups is 1. The Morgan fingerprint density at radius 2 is 1.82 bits per heavy atom. The molecule has 0 amide bonds. The fraction of sp³-hybridized carbons (Fsp3) is 0.391. The summed E-state index contributed by atoms with van der Waals surface area (Å²) in [6.45, 7) is 12.0. The Hall–Kier alpha value is -3.82. The number of anilines is 1. The number of hydrogen-bond acceptors (Lipinski definition) is 8. The van der Waals surface area contributed by atoms with Crippen molar-refractivity contribution < 1.29 is 9.53 Å². The van der Waals surface area contributed by atoms with E-state index in [0.717, 1.165) is 35.7 Å². The number of esters is 1. The molecule has 3 heterocycles. The van der Waals surface area contributed by atoms with Crippen LogP contribution in [0.1, 0.15) is 37.9 Å². The number of aliphatic imine (C=N–C) groups is 1. The summed E-state index contributed by atoms with van der Waals surface area (Å²) in [7, 11) is 1.85. The molecule has 0 saturated carbocycles. The van der Waals surface area contributed by atoms with Gasteiger partial charge in [-0.05, 0) is 64.4 Å². The molecule has 0 aliphatic carbocycles. The molecule has 33 heavy (non-hydrogen) atoms. The Balaban J connectivity index is 1.80. The van der Waals surface area contributed by atoms with E-state index in [0.29, 0.717) is 23.1 Å². The Morgan fingerprint density at radius 3 is 2.42 bits per heavy atom. The van der Waals surface area contributed by atoms with Crippen LogP contribution in [-0.2, 0) is 16.6 Å². The maximum atomic E-state index is 12.7. The number of fused-ring (bicyclic) bond motifs is 1. The van der Waals surface area contributed by atoms with Crippen molar-refractivity contribution in [1.29, 1.82) is 0 Å². The average molecular weight is 449 g/mol. The third-order valence-electron chi connectivity index (χ3n) is 5.63. The van der Waals surface area contributed by atoms with Crippen molar-refractivity contribution in [1.82, 2.24) is 24.7 Å². The predicted octanol–water partition coefficient (Wildman–Crippen LogP) is 3.04. The summed E-state index contributed by atoms with van der Waals surface area (Å²) < 4.78 is 8.49. The molecule has 1 aromatic carbocycles. The van der Waals surface area contributed by atoms with Gasteiger partial charge in [-0.1, -0.05) is 0 Å². The molecular formula is C23H28N8O2. The van der Waals surface area contributed by atoms with E-state index < -0.39 is 5.97 Å². The molecule has 0 unspecified atom stereocenters. The molecule has 3 aromatic rings. The summed E-state index contributed by atoms with van der Waals surface area (Å²) in [6.07, 6.45) is 0. The number of rotatable bonds is 7. The highest BCUT2D eigenvalue weighted by Gasteiger charge is 2.34. The highest BCUT2D eigenvalue weighted by Crippen LogP contribution is 2.28. The van der Waals surface area contributed by atoms with E-state index in [9.17, 15) is 4.79 Å². The molecule has 2 aromatic heterocycles. The molecule has 10 heteroatoms. The van der Waals surface area contributed by atoms with E-state index in [1.807, 2.05) is 39.1 Å². The lowest BCUT2D eigenvalue weighted by atomic mass is 10.1. The highest BCUT2D eigenvalue weighted by atomic mass is 16.5. The van der Waals surface area contributed by atoms with Crippen LogP contribution >= 0.6 is 0 Å². The molecule has 0 fully saturated rings. The first-order valence-corrected chi connectivity index (χ1v) is 11.0. The predicted molar refractivity (Wildman–Crippen MR) is 127 cm³/mol. The van der Waals surface area contributed by atoms with Crippen LogP contribution in [0.25, 0.3) is 11.5 Å². The minimum absolute atomic E-state index is 0.0999. The Morgan fingerprint density at radius 1 is 1.09 bits per heavy atom. The topological polar surface area (TPSA) is 103 Å². The van der Waals surface area contributed by atoms with Crippen molar-refractivity contribution in [3.8, 4) is 11.5 Å². The Bertz CT molecular complexity index is 1240. The molecular weight excluding hydrogens is 420 g/mol. The molecule has 172 valence electrons. The van der Waals surface area contributed by atoms with Crippen molar-refractivity contribution >= 4 is 28.8 Å². The van der Waals surface area contributed by atoms with Crippen LogP contribution in [0.5, 0.6) is 0 Å². The number of nitrogens with zero attached hydrogens (tertiary/aromatic N) is 8. The normalized spacial score (nSPS) is 13.9. The summed E-state index contributed by atoms with van der Waals surface area (Å²) in [6, 6.07) is 7.96. The highest BCUT2D eigenvalue weighted by molar-refractivity contribution is 6.69. The molecule has 0 saturated heterocycles. The third kappa shape index (κ3) is 4.04. The minimum atomic E-state index is -0.553. The molecule has 1 aliphatic rings. The third-order valence-corrected chi connectivity index (χ3v) is 5.63. The largest absolute Gasteiger partial charge is 0.461 e. The maximum Gasteiger partial charge on any atom is 0.361 e. The minimum Gasteiger partial charge on any atom is -0.461 e. The first kappa shape index (κ1) is 22.4. The van der Waals surface area contributed by atoms with Crippen molar-refractivity contribution in [3.05, 3.63) is 41.3 Å². The lowest BCUT2D eigenvalue weighted by Gasteiger charge is -2.21. The average Bonchev–Trinajstić information content (AvgIpc) is 3.45. The van der Waals surface area contributed by atoms with Crippen molar-refractivity contribution in [2.75, 3.05) is 24.6 Å². The fourth-order valence-electron chi connectivity index (χ4n) is 3.72. The van der Waals surface area contributed by atoms with E-state index in [1.54, 1.807) is 11.6 Å². The van der Waals surface area contributed by atoms with Gasteiger partial charge in [-0.15, -0.1) is 10.2 Å². The van der Waals surface area contributed by atoms with Gasteiger partial charge < -0.3 is 9.64 Å². The molecule has 0 atom stereocenters. The zero-order chi connectivity index (χ0) is 23.7. The van der Waals surface area contributed by atoms with Gasteiger partial charge in [0.1, 0.15) is 11.4 Å². The van der Waals surface area contributed by atoms with Crippen LogP contribution in [0.2, 0.25) is 0 Å². The zero-order valence-corrected chi connectivity index (χ0v) is 19.8. The lowest BCUT2D eigenvalue weighted by Crippen LogP contribution is -2.25. The number of carbonyl (C=O) groups excluding carboxylic acids is 1. The number of benzene rings is 1. The van der Waals surface area contributed by atoms with Gasteiger partial charge in [-0.25, -0.2) is 9.79 Å². The second-order valence-electron chi connectivity index (χ2n) is 7.73. The molecule has 4 rings (SSSR count). The number of hydrogen-bond donors (Lipinski definition) is 0. The summed E-state index contributed by atoms with van der Waals surface area (Å²) in [5, 5.41) is 17.5. The van der Waals surface area contributed by atoms with Crippen LogP contribution < -0.4 is 4.90 Å². The number of aryl methyl sites for hydroxylation is 3. The lowest BCUT2D eigenvalue weighted by molar-refractivity contribution is -0.134. The standard InChI is InChI=1S/C23H28N8O2/c1-7-30(8-2)16-10-11-17(14(4)12-16)24-19-20(23(32)33-9-3)28-31-21(25-26-22(19)31)18-13-15(5)29(6)27-18/h10-13H,7-9H2,1-6H3/b24-19-. The Labute approximate surface area is 192 Å². The number of aromatic nitrogens is 5. The van der Waals surface area contributed by atoms with Crippen LogP contribution in [0, 0.1) is 13.8 Å². The second kappa shape index (κ2) is 8.97. The molecule has 1 aliphatic heterocycles. The van der Waals surface area contributed by atoms with E-state index in [2.05, 4.69) is 45.2 Å². The van der Waals surface area contributed by atoms with Crippen LogP contribution in [-0.4, -0.2) is 61.7 Å². The van der Waals surface area contributed by atoms with Crippen LogP contribution in [0.15, 0.2) is 34.4 Å². The summed E-state index contributed by atoms with van der Waals surface area (Å²) in [5.41, 5.74) is 4.84. The molecule has 0 bridgehead atoms. The monoisotopic (exact) mass is 448 g/mol. The fourth-order valence-corrected chi connectivity index (χ4v) is 3.72. The van der Waals surface area contributed by atoms with E-state index in [1.165, 1.54) is 4.68 Å². The van der Waals surface area contributed by atoms with Crippen molar-refractivity contribution in [3.63, 3.8) is 0 Å². The van der Waals surface area contributed by atoms with Gasteiger partial charge in [0.15, 0.2) is 5.71 Å². The first-order valence-electron chi connectivity index (χ1n) is 11.0. The molecule has 0 N–H and O–H groups in total. The quantitative estimate of drug-likeness (QED) is 0.515. The Kier molecular flexibility index (Phi) is 6.08. The molecule has 0 radical (unpaired) electrons. The molecule has 0 spiro atoms. The van der Waals surface area contributed by atoms with E-state index in [4.69, 9.17) is 9.73 Å². The molecule has 10 nitrogen and oxygen atoms in total. The van der Waals surface area contributed by atoms with Gasteiger partial charge in [-0.3, -0.25) is 4.68 Å². The van der Waals surface area contributed by atoms with Gasteiger partial charge in [0, 0.05) is 31.5 Å². The summed E-state index contributed by atoms with van der Waals surface area (Å²) >= 11 is 0. The first-order chi connectivity index (χ1) is 15.9. The number of ether oxygens (including phenoxy) is 1. The van der Waals surface area contributed by atoms with E-state index in [-0.39, 0.29) is 12.3 Å². The maximum absolute atomic E-state index is 12.7. The SMILES string of the molecule is CCOC(=O)C1=Nn2c(nnc2-c2cc(C)n(C)n2)/C1=N\c1ccc(N(CC)CC)cc1C.